The minimum Gasteiger partial charge on any atom is -0.463 e. The van der Waals surface area contributed by atoms with Crippen molar-refractivity contribution in [3.8, 4) is 11.1 Å². The van der Waals surface area contributed by atoms with E-state index in [1.807, 2.05) is 13.1 Å². The van der Waals surface area contributed by atoms with Crippen molar-refractivity contribution in [2.24, 2.45) is 5.16 Å². The first-order valence-electron chi connectivity index (χ1n) is 11.2. The number of carbonyl (C=O) groups is 2. The Kier molecular flexibility index (Phi) is 6.93. The molecule has 0 atom stereocenters. The molecule has 0 bridgehead atoms. The molecule has 0 radical (unpaired) electrons. The van der Waals surface area contributed by atoms with Crippen LogP contribution in [0.25, 0.3) is 11.1 Å². The maximum atomic E-state index is 12.7. The van der Waals surface area contributed by atoms with Crippen molar-refractivity contribution < 1.29 is 27.6 Å². The van der Waals surface area contributed by atoms with E-state index in [1.165, 1.54) is 18.4 Å². The van der Waals surface area contributed by atoms with Gasteiger partial charge in [-0.3, -0.25) is 4.79 Å². The number of likely N-dealkylation sites (N-methyl/N-ethyl adjacent to an activating group) is 1. The van der Waals surface area contributed by atoms with Gasteiger partial charge >= 0.3 is 5.97 Å². The maximum absolute atomic E-state index is 12.7. The number of hydrogen-bond acceptors (Lipinski definition) is 8. The molecule has 0 spiro atoms. The number of oxime groups is 1. The Labute approximate surface area is 204 Å². The van der Waals surface area contributed by atoms with E-state index in [-0.39, 0.29) is 17.2 Å². The fraction of sp³-hybridized carbons (Fsp3) is 0.375. The molecule has 0 saturated heterocycles. The lowest BCUT2D eigenvalue weighted by molar-refractivity contribution is -0.148. The Bertz CT molecular complexity index is 1300. The van der Waals surface area contributed by atoms with Crippen LogP contribution in [-0.4, -0.2) is 76.1 Å². The number of carbonyl (C=O) groups excluding carboxylic acids is 2. The zero-order valence-electron chi connectivity index (χ0n) is 20.1. The molecule has 2 aromatic rings. The van der Waals surface area contributed by atoms with Crippen LogP contribution in [0.4, 0.5) is 5.69 Å². The van der Waals surface area contributed by atoms with Crippen LogP contribution >= 0.6 is 0 Å². The molecule has 186 valence electrons. The summed E-state index contributed by atoms with van der Waals surface area (Å²) in [5.41, 5.74) is 5.15. The Hall–Kier alpha value is -3.28. The van der Waals surface area contributed by atoms with Crippen LogP contribution in [0.3, 0.4) is 0 Å². The molecule has 1 amide bonds. The van der Waals surface area contributed by atoms with Crippen molar-refractivity contribution in [2.75, 3.05) is 46.2 Å². The van der Waals surface area contributed by atoms with Crippen LogP contribution in [0, 0.1) is 0 Å². The Morgan fingerprint density at radius 1 is 1.17 bits per heavy atom. The molecule has 2 aliphatic heterocycles. The standard InChI is InChI=1S/C24H28N4O6S/c1-5-33-21(29)14-34-26-23-19-12-18(15-6-8-16(9-7-15)35(31,32)27(2)3)17-10-11-28(4)13-20(17)22(19)25-24(23)30/h6-9,12H,5,10-11,13-14H2,1-4H3,(H,25,26,30). The molecule has 0 aliphatic carbocycles. The highest BCUT2D eigenvalue weighted by Crippen LogP contribution is 2.40. The van der Waals surface area contributed by atoms with Crippen LogP contribution in [-0.2, 0) is 42.2 Å². The number of sulfonamides is 1. The lowest BCUT2D eigenvalue weighted by atomic mass is 9.87. The van der Waals surface area contributed by atoms with Gasteiger partial charge in [0.05, 0.1) is 17.2 Å². The summed E-state index contributed by atoms with van der Waals surface area (Å²) in [4.78, 5) is 31.8. The average molecular weight is 501 g/mol. The van der Waals surface area contributed by atoms with Crippen LogP contribution < -0.4 is 5.32 Å². The van der Waals surface area contributed by atoms with Crippen molar-refractivity contribution in [2.45, 2.75) is 24.8 Å². The molecule has 1 N–H and O–H groups in total. The molecular formula is C24H28N4O6S. The number of nitrogens with zero attached hydrogens (tertiary/aromatic N) is 3. The molecular weight excluding hydrogens is 472 g/mol. The van der Waals surface area contributed by atoms with Gasteiger partial charge in [-0.15, -0.1) is 0 Å². The van der Waals surface area contributed by atoms with E-state index in [2.05, 4.69) is 15.4 Å². The normalized spacial score (nSPS) is 16.7. The minimum absolute atomic E-state index is 0.0772. The van der Waals surface area contributed by atoms with Crippen molar-refractivity contribution in [3.63, 3.8) is 0 Å². The van der Waals surface area contributed by atoms with E-state index >= 15 is 0 Å². The summed E-state index contributed by atoms with van der Waals surface area (Å²) in [7, 11) is 1.45. The third kappa shape index (κ3) is 4.79. The fourth-order valence-corrected chi connectivity index (χ4v) is 5.14. The quantitative estimate of drug-likeness (QED) is 0.455. The molecule has 2 heterocycles. The van der Waals surface area contributed by atoms with Gasteiger partial charge in [-0.05, 0) is 60.8 Å². The number of hydrogen-bond donors (Lipinski definition) is 1. The van der Waals surface area contributed by atoms with Crippen LogP contribution in [0.1, 0.15) is 23.6 Å². The second-order valence-corrected chi connectivity index (χ2v) is 10.7. The van der Waals surface area contributed by atoms with Gasteiger partial charge < -0.3 is 19.8 Å². The highest BCUT2D eigenvalue weighted by atomic mass is 32.2. The van der Waals surface area contributed by atoms with E-state index < -0.39 is 28.5 Å². The monoisotopic (exact) mass is 500 g/mol. The highest BCUT2D eigenvalue weighted by molar-refractivity contribution is 7.89. The summed E-state index contributed by atoms with van der Waals surface area (Å²) in [6.45, 7) is 3.00. The zero-order valence-corrected chi connectivity index (χ0v) is 20.9. The van der Waals surface area contributed by atoms with E-state index in [9.17, 15) is 18.0 Å². The third-order valence-electron chi connectivity index (χ3n) is 6.02. The van der Waals surface area contributed by atoms with E-state index in [1.54, 1.807) is 31.2 Å². The molecule has 35 heavy (non-hydrogen) atoms. The Morgan fingerprint density at radius 2 is 1.89 bits per heavy atom. The molecule has 2 aromatic carbocycles. The van der Waals surface area contributed by atoms with Crippen LogP contribution in [0.15, 0.2) is 40.4 Å². The highest BCUT2D eigenvalue weighted by Gasteiger charge is 2.34. The van der Waals surface area contributed by atoms with E-state index in [4.69, 9.17) is 9.57 Å². The van der Waals surface area contributed by atoms with E-state index in [0.717, 1.165) is 35.2 Å². The number of ether oxygens (including phenoxy) is 1. The fourth-order valence-electron chi connectivity index (χ4n) is 4.23. The Morgan fingerprint density at radius 3 is 2.54 bits per heavy atom. The number of amides is 1. The second-order valence-electron chi connectivity index (χ2n) is 8.58. The van der Waals surface area contributed by atoms with Crippen molar-refractivity contribution in [1.29, 1.82) is 0 Å². The third-order valence-corrected chi connectivity index (χ3v) is 7.85. The molecule has 4 rings (SSSR count). The molecule has 0 saturated carbocycles. The predicted molar refractivity (Wildman–Crippen MR) is 131 cm³/mol. The molecule has 2 aliphatic rings. The van der Waals surface area contributed by atoms with Crippen molar-refractivity contribution in [3.05, 3.63) is 47.0 Å². The van der Waals surface area contributed by atoms with Crippen molar-refractivity contribution in [1.82, 2.24) is 9.21 Å². The van der Waals surface area contributed by atoms with Gasteiger partial charge in [0.1, 0.15) is 0 Å². The summed E-state index contributed by atoms with van der Waals surface area (Å²) in [6, 6.07) is 8.59. The Balaban J connectivity index is 1.77. The zero-order chi connectivity index (χ0) is 25.3. The summed E-state index contributed by atoms with van der Waals surface area (Å²) in [5, 5.41) is 6.84. The number of nitrogens with one attached hydrogen (secondary N) is 1. The molecule has 11 heteroatoms. The molecule has 0 fully saturated rings. The summed E-state index contributed by atoms with van der Waals surface area (Å²) < 4.78 is 31.0. The molecule has 0 aromatic heterocycles. The smallest absolute Gasteiger partial charge is 0.347 e. The minimum atomic E-state index is -3.55. The van der Waals surface area contributed by atoms with Gasteiger partial charge in [0, 0.05) is 32.7 Å². The average Bonchev–Trinajstić information content (AvgIpc) is 3.14. The topological polar surface area (TPSA) is 118 Å². The van der Waals surface area contributed by atoms with Gasteiger partial charge in [-0.25, -0.2) is 17.5 Å². The molecule has 10 nitrogen and oxygen atoms in total. The number of anilines is 1. The van der Waals surface area contributed by atoms with Crippen molar-refractivity contribution >= 4 is 33.3 Å². The first kappa shape index (κ1) is 24.8. The largest absolute Gasteiger partial charge is 0.463 e. The number of rotatable bonds is 7. The lowest BCUT2D eigenvalue weighted by Gasteiger charge is -2.29. The predicted octanol–water partition coefficient (Wildman–Crippen LogP) is 1.83. The first-order valence-corrected chi connectivity index (χ1v) is 12.6. The SMILES string of the molecule is CCOC(=O)CO/N=C1\C(=O)Nc2c1cc(-c1ccc(S(=O)(=O)N(C)C)cc1)c1c2CN(C)CC1. The van der Waals surface area contributed by atoms with E-state index in [0.29, 0.717) is 17.8 Å². The van der Waals surface area contributed by atoms with Gasteiger partial charge in [0.15, 0.2) is 5.71 Å². The van der Waals surface area contributed by atoms with Gasteiger partial charge in [-0.2, -0.15) is 0 Å². The summed E-state index contributed by atoms with van der Waals surface area (Å²) in [6.07, 6.45) is 0.772. The summed E-state index contributed by atoms with van der Waals surface area (Å²) in [5.74, 6) is -0.986. The molecule has 0 unspecified atom stereocenters. The lowest BCUT2D eigenvalue weighted by Crippen LogP contribution is -2.27. The number of benzene rings is 2. The van der Waals surface area contributed by atoms with Gasteiger partial charge in [0.25, 0.3) is 5.91 Å². The maximum Gasteiger partial charge on any atom is 0.347 e. The number of esters is 1. The number of fused-ring (bicyclic) bond motifs is 3. The van der Waals surface area contributed by atoms with Crippen LogP contribution in [0.5, 0.6) is 0 Å². The first-order chi connectivity index (χ1) is 16.6. The van der Waals surface area contributed by atoms with Gasteiger partial charge in [-0.1, -0.05) is 17.3 Å². The van der Waals surface area contributed by atoms with Gasteiger partial charge in [0.2, 0.25) is 16.6 Å². The van der Waals surface area contributed by atoms with Crippen LogP contribution in [0.2, 0.25) is 0 Å². The summed E-state index contributed by atoms with van der Waals surface area (Å²) >= 11 is 0. The second kappa shape index (κ2) is 9.76.